The molecule has 0 spiro atoms. The summed E-state index contributed by atoms with van der Waals surface area (Å²) in [6, 6.07) is 8.13. The molecule has 2 atom stereocenters. The molecule has 2 amide bonds. The van der Waals surface area contributed by atoms with Crippen LogP contribution in [0.3, 0.4) is 0 Å². The number of likely N-dealkylation sites (tertiary alicyclic amines) is 1. The number of carbonyl (C=O) groups excluding carboxylic acids is 1. The van der Waals surface area contributed by atoms with E-state index in [1.54, 1.807) is 6.92 Å². The highest BCUT2D eigenvalue weighted by Gasteiger charge is 2.29. The molecule has 2 unspecified atom stereocenters. The lowest BCUT2D eigenvalue weighted by Crippen LogP contribution is -2.44. The first kappa shape index (κ1) is 16.8. The van der Waals surface area contributed by atoms with Crippen molar-refractivity contribution < 1.29 is 9.90 Å². The topological polar surface area (TPSA) is 81.2 Å². The fraction of sp³-hybridized carbons (Fsp3) is 0.556. The van der Waals surface area contributed by atoms with Gasteiger partial charge in [-0.1, -0.05) is 12.1 Å². The van der Waals surface area contributed by atoms with Gasteiger partial charge in [0.15, 0.2) is 0 Å². The molecule has 6 nitrogen and oxygen atoms in total. The normalized spacial score (nSPS) is 18.9. The number of aliphatic hydroxyl groups is 1. The third-order valence-electron chi connectivity index (χ3n) is 4.56. The number of carbonyl (C=O) groups is 1. The molecular weight excluding hydrogens is 304 g/mol. The molecule has 0 aliphatic carbocycles. The van der Waals surface area contributed by atoms with Crippen molar-refractivity contribution in [2.45, 2.75) is 51.2 Å². The minimum Gasteiger partial charge on any atom is -0.393 e. The van der Waals surface area contributed by atoms with Crippen molar-refractivity contribution in [1.29, 1.82) is 0 Å². The molecular formula is C18H26N4O2. The molecule has 1 aromatic heterocycles. The molecule has 2 aromatic rings. The van der Waals surface area contributed by atoms with Crippen LogP contribution in [0.5, 0.6) is 0 Å². The summed E-state index contributed by atoms with van der Waals surface area (Å²) >= 11 is 0. The fourth-order valence-electron chi connectivity index (χ4n) is 3.42. The first-order valence-electron chi connectivity index (χ1n) is 8.79. The zero-order valence-corrected chi connectivity index (χ0v) is 14.2. The molecule has 3 N–H and O–H groups in total. The van der Waals surface area contributed by atoms with Crippen LogP contribution >= 0.6 is 0 Å². The molecule has 1 aromatic carbocycles. The van der Waals surface area contributed by atoms with E-state index >= 15 is 0 Å². The number of H-pyrrole nitrogens is 1. The maximum atomic E-state index is 12.3. The first-order chi connectivity index (χ1) is 11.6. The Labute approximate surface area is 142 Å². The van der Waals surface area contributed by atoms with E-state index in [1.165, 1.54) is 0 Å². The van der Waals surface area contributed by atoms with Gasteiger partial charge in [-0.2, -0.15) is 0 Å². The fourth-order valence-corrected chi connectivity index (χ4v) is 3.42. The van der Waals surface area contributed by atoms with Gasteiger partial charge in [-0.25, -0.2) is 9.78 Å². The number of rotatable bonds is 6. The number of para-hydroxylation sites is 2. The molecule has 1 aliphatic rings. The van der Waals surface area contributed by atoms with Crippen LogP contribution in [0.4, 0.5) is 4.79 Å². The highest BCUT2D eigenvalue weighted by atomic mass is 16.3. The molecule has 0 radical (unpaired) electrons. The minimum atomic E-state index is -0.364. The zero-order valence-electron chi connectivity index (χ0n) is 14.2. The van der Waals surface area contributed by atoms with Gasteiger partial charge in [-0.05, 0) is 44.7 Å². The number of aliphatic hydroxyl groups excluding tert-OH is 1. The van der Waals surface area contributed by atoms with Crippen molar-refractivity contribution in [2.75, 3.05) is 13.1 Å². The number of aromatic nitrogens is 2. The van der Waals surface area contributed by atoms with Gasteiger partial charge in [0.2, 0.25) is 0 Å². The smallest absolute Gasteiger partial charge is 0.317 e. The van der Waals surface area contributed by atoms with Crippen LogP contribution in [-0.2, 0) is 6.42 Å². The van der Waals surface area contributed by atoms with Gasteiger partial charge >= 0.3 is 6.03 Å². The maximum Gasteiger partial charge on any atom is 0.317 e. The standard InChI is InChI=1S/C18H26N4O2/c1-13(23)12-14-6-5-11-22(14)18(24)19-10-4-9-17-20-15-7-2-3-8-16(15)21-17/h2-3,7-8,13-14,23H,4-6,9-12H2,1H3,(H,19,24)(H,20,21). The second-order valence-corrected chi connectivity index (χ2v) is 6.61. The van der Waals surface area contributed by atoms with Crippen molar-refractivity contribution in [2.24, 2.45) is 0 Å². The van der Waals surface area contributed by atoms with E-state index < -0.39 is 0 Å². The largest absolute Gasteiger partial charge is 0.393 e. The highest BCUT2D eigenvalue weighted by Crippen LogP contribution is 2.21. The summed E-state index contributed by atoms with van der Waals surface area (Å²) in [5.41, 5.74) is 2.03. The summed E-state index contributed by atoms with van der Waals surface area (Å²) in [6.45, 7) is 3.20. The van der Waals surface area contributed by atoms with E-state index in [4.69, 9.17) is 0 Å². The number of hydrogen-bond acceptors (Lipinski definition) is 3. The Morgan fingerprint density at radius 3 is 3.12 bits per heavy atom. The molecule has 1 fully saturated rings. The van der Waals surface area contributed by atoms with Crippen molar-refractivity contribution in [3.63, 3.8) is 0 Å². The number of amides is 2. The average Bonchev–Trinajstić information content (AvgIpc) is 3.16. The Morgan fingerprint density at radius 2 is 2.33 bits per heavy atom. The zero-order chi connectivity index (χ0) is 16.9. The highest BCUT2D eigenvalue weighted by molar-refractivity contribution is 5.75. The first-order valence-corrected chi connectivity index (χ1v) is 8.79. The van der Waals surface area contributed by atoms with Crippen LogP contribution in [0.25, 0.3) is 11.0 Å². The van der Waals surface area contributed by atoms with Crippen molar-refractivity contribution in [1.82, 2.24) is 20.2 Å². The van der Waals surface area contributed by atoms with Crippen LogP contribution in [0.1, 0.15) is 38.4 Å². The van der Waals surface area contributed by atoms with E-state index in [0.29, 0.717) is 13.0 Å². The van der Waals surface area contributed by atoms with E-state index in [2.05, 4.69) is 15.3 Å². The maximum absolute atomic E-state index is 12.3. The quantitative estimate of drug-likeness (QED) is 0.712. The molecule has 24 heavy (non-hydrogen) atoms. The molecule has 0 bridgehead atoms. The Hall–Kier alpha value is -2.08. The molecule has 6 heteroatoms. The van der Waals surface area contributed by atoms with Gasteiger partial charge in [0.25, 0.3) is 0 Å². The van der Waals surface area contributed by atoms with Crippen LogP contribution in [0.2, 0.25) is 0 Å². The Bertz CT molecular complexity index is 649. The predicted octanol–water partition coefficient (Wildman–Crippen LogP) is 2.44. The van der Waals surface area contributed by atoms with E-state index in [9.17, 15) is 9.90 Å². The molecule has 0 saturated carbocycles. The average molecular weight is 330 g/mol. The number of aryl methyl sites for hydroxylation is 1. The lowest BCUT2D eigenvalue weighted by Gasteiger charge is -2.25. The Morgan fingerprint density at radius 1 is 1.50 bits per heavy atom. The van der Waals surface area contributed by atoms with Gasteiger partial charge < -0.3 is 20.3 Å². The second-order valence-electron chi connectivity index (χ2n) is 6.61. The van der Waals surface area contributed by atoms with E-state index in [0.717, 1.165) is 49.1 Å². The van der Waals surface area contributed by atoms with Gasteiger partial charge in [0.05, 0.1) is 17.1 Å². The molecule has 3 rings (SSSR count). The van der Waals surface area contributed by atoms with Crippen molar-refractivity contribution >= 4 is 17.1 Å². The van der Waals surface area contributed by atoms with Gasteiger partial charge in [0, 0.05) is 25.6 Å². The van der Waals surface area contributed by atoms with E-state index in [1.807, 2.05) is 29.2 Å². The van der Waals surface area contributed by atoms with Crippen LogP contribution in [0.15, 0.2) is 24.3 Å². The summed E-state index contributed by atoms with van der Waals surface area (Å²) in [6.07, 6.45) is 3.96. The third-order valence-corrected chi connectivity index (χ3v) is 4.56. The van der Waals surface area contributed by atoms with Gasteiger partial charge in [0.1, 0.15) is 5.82 Å². The predicted molar refractivity (Wildman–Crippen MR) is 93.8 cm³/mol. The van der Waals surface area contributed by atoms with Gasteiger partial charge in [-0.15, -0.1) is 0 Å². The molecule has 130 valence electrons. The number of imidazole rings is 1. The van der Waals surface area contributed by atoms with Crippen LogP contribution < -0.4 is 5.32 Å². The molecule has 1 saturated heterocycles. The van der Waals surface area contributed by atoms with Crippen LogP contribution in [-0.4, -0.2) is 51.2 Å². The van der Waals surface area contributed by atoms with E-state index in [-0.39, 0.29) is 18.2 Å². The summed E-state index contributed by atoms with van der Waals surface area (Å²) in [7, 11) is 0. The number of nitrogens with zero attached hydrogens (tertiary/aromatic N) is 2. The second kappa shape index (κ2) is 7.66. The van der Waals surface area contributed by atoms with Crippen molar-refractivity contribution in [3.05, 3.63) is 30.1 Å². The number of hydrogen-bond donors (Lipinski definition) is 3. The summed E-state index contributed by atoms with van der Waals surface area (Å²) in [4.78, 5) is 22.0. The lowest BCUT2D eigenvalue weighted by molar-refractivity contribution is 0.138. The number of nitrogens with one attached hydrogen (secondary N) is 2. The van der Waals surface area contributed by atoms with Crippen molar-refractivity contribution in [3.8, 4) is 0 Å². The number of benzene rings is 1. The SMILES string of the molecule is CC(O)CC1CCCN1C(=O)NCCCc1nc2ccccc2[nH]1. The summed E-state index contributed by atoms with van der Waals surface area (Å²) in [5, 5.41) is 12.5. The molecule has 1 aliphatic heterocycles. The number of fused-ring (bicyclic) bond motifs is 1. The van der Waals surface area contributed by atoms with Crippen LogP contribution in [0, 0.1) is 0 Å². The third kappa shape index (κ3) is 4.06. The lowest BCUT2D eigenvalue weighted by atomic mass is 10.1. The van der Waals surface area contributed by atoms with Gasteiger partial charge in [-0.3, -0.25) is 0 Å². The monoisotopic (exact) mass is 330 g/mol. The Kier molecular flexibility index (Phi) is 5.35. The summed E-state index contributed by atoms with van der Waals surface area (Å²) in [5.74, 6) is 0.957. The Balaban J connectivity index is 1.43. The molecule has 2 heterocycles. The minimum absolute atomic E-state index is 0.0113. The summed E-state index contributed by atoms with van der Waals surface area (Å²) < 4.78 is 0. The number of urea groups is 1. The number of aromatic amines is 1.